The summed E-state index contributed by atoms with van der Waals surface area (Å²) in [5.74, 6) is 1.91. The van der Waals surface area contributed by atoms with Gasteiger partial charge in [-0.2, -0.15) is 0 Å². The lowest BCUT2D eigenvalue weighted by Crippen LogP contribution is -2.01. The number of nitrogens with zero attached hydrogens (tertiary/aromatic N) is 5. The molecule has 0 fully saturated rings. The molecule has 0 spiro atoms. The summed E-state index contributed by atoms with van der Waals surface area (Å²) >= 11 is 0. The fourth-order valence-electron chi connectivity index (χ4n) is 8.16. The van der Waals surface area contributed by atoms with Crippen LogP contribution in [0, 0.1) is 0 Å². The van der Waals surface area contributed by atoms with Crippen molar-refractivity contribution in [1.29, 1.82) is 0 Å². The first-order valence-corrected chi connectivity index (χ1v) is 18.2. The van der Waals surface area contributed by atoms with Crippen LogP contribution in [0.4, 0.5) is 0 Å². The van der Waals surface area contributed by atoms with Crippen molar-refractivity contribution >= 4 is 54.4 Å². The quantitative estimate of drug-likeness (QED) is 0.181. The molecular formula is C49H31N5. The zero-order valence-corrected chi connectivity index (χ0v) is 29.1. The first-order valence-electron chi connectivity index (χ1n) is 18.2. The molecule has 0 bridgehead atoms. The Bertz CT molecular complexity index is 3100. The summed E-state index contributed by atoms with van der Waals surface area (Å²) in [5, 5.41) is 7.28. The van der Waals surface area contributed by atoms with Gasteiger partial charge in [-0.25, -0.2) is 15.0 Å². The molecule has 3 aromatic heterocycles. The monoisotopic (exact) mass is 689 g/mol. The van der Waals surface area contributed by atoms with Crippen LogP contribution in [0.3, 0.4) is 0 Å². The van der Waals surface area contributed by atoms with Gasteiger partial charge >= 0.3 is 0 Å². The van der Waals surface area contributed by atoms with E-state index in [0.717, 1.165) is 33.4 Å². The molecule has 0 unspecified atom stereocenters. The van der Waals surface area contributed by atoms with Crippen LogP contribution in [0.25, 0.3) is 99.9 Å². The molecule has 0 N–H and O–H groups in total. The van der Waals surface area contributed by atoms with Gasteiger partial charge in [-0.15, -0.1) is 0 Å². The fraction of sp³-hybridized carbons (Fsp3) is 0. The van der Waals surface area contributed by atoms with Crippen LogP contribution in [0.2, 0.25) is 0 Å². The van der Waals surface area contributed by atoms with Gasteiger partial charge in [-0.3, -0.25) is 0 Å². The lowest BCUT2D eigenvalue weighted by Gasteiger charge is -2.15. The van der Waals surface area contributed by atoms with Crippen LogP contribution >= 0.6 is 0 Å². The van der Waals surface area contributed by atoms with E-state index in [1.165, 1.54) is 49.0 Å². The molecule has 0 amide bonds. The third kappa shape index (κ3) is 4.69. The molecule has 0 saturated heterocycles. The van der Waals surface area contributed by atoms with Crippen molar-refractivity contribution < 1.29 is 0 Å². The smallest absolute Gasteiger partial charge is 0.164 e. The summed E-state index contributed by atoms with van der Waals surface area (Å²) in [6.07, 6.45) is 0. The van der Waals surface area contributed by atoms with Crippen molar-refractivity contribution in [2.75, 3.05) is 0 Å². The van der Waals surface area contributed by atoms with Gasteiger partial charge in [0, 0.05) is 49.3 Å². The number of hydrogen-bond donors (Lipinski definition) is 0. The highest BCUT2D eigenvalue weighted by Crippen LogP contribution is 2.43. The van der Waals surface area contributed by atoms with E-state index in [1.54, 1.807) is 0 Å². The first kappa shape index (κ1) is 30.3. The minimum Gasteiger partial charge on any atom is -0.309 e. The Hall–Kier alpha value is -7.37. The van der Waals surface area contributed by atoms with Crippen molar-refractivity contribution in [1.82, 2.24) is 24.1 Å². The Morgan fingerprint density at radius 3 is 1.39 bits per heavy atom. The minimum absolute atomic E-state index is 0.627. The van der Waals surface area contributed by atoms with Crippen LogP contribution in [-0.4, -0.2) is 24.1 Å². The maximum Gasteiger partial charge on any atom is 0.164 e. The van der Waals surface area contributed by atoms with E-state index in [0.29, 0.717) is 17.5 Å². The largest absolute Gasteiger partial charge is 0.309 e. The van der Waals surface area contributed by atoms with Gasteiger partial charge < -0.3 is 9.13 Å². The van der Waals surface area contributed by atoms with Crippen molar-refractivity contribution in [2.24, 2.45) is 0 Å². The van der Waals surface area contributed by atoms with E-state index in [-0.39, 0.29) is 0 Å². The molecule has 54 heavy (non-hydrogen) atoms. The highest BCUT2D eigenvalue weighted by molar-refractivity contribution is 6.22. The summed E-state index contributed by atoms with van der Waals surface area (Å²) in [6.45, 7) is 0. The first-order chi connectivity index (χ1) is 26.8. The number of hydrogen-bond acceptors (Lipinski definition) is 3. The van der Waals surface area contributed by atoms with Crippen LogP contribution in [0.1, 0.15) is 0 Å². The SMILES string of the molecule is c1ccc(-c2nc(-c3ccccc3)nc(-c3cccc(-n4c5ccccc5c5c(-n6c7ccccc7c7ccccc76)c6ccccc6cc54)c3)n2)cc1. The lowest BCUT2D eigenvalue weighted by molar-refractivity contribution is 1.07. The zero-order chi connectivity index (χ0) is 35.6. The average Bonchev–Trinajstić information content (AvgIpc) is 3.76. The second-order valence-corrected chi connectivity index (χ2v) is 13.7. The highest BCUT2D eigenvalue weighted by Gasteiger charge is 2.22. The molecule has 0 aliphatic carbocycles. The predicted octanol–water partition coefficient (Wildman–Crippen LogP) is 12.2. The van der Waals surface area contributed by atoms with E-state index in [2.05, 4.69) is 137 Å². The number of rotatable bonds is 5. The summed E-state index contributed by atoms with van der Waals surface area (Å²) in [5.41, 5.74) is 9.67. The average molecular weight is 690 g/mol. The van der Waals surface area contributed by atoms with Gasteiger partial charge in [0.25, 0.3) is 0 Å². The second kappa shape index (κ2) is 12.1. The molecule has 0 aliphatic heterocycles. The van der Waals surface area contributed by atoms with Gasteiger partial charge in [0.15, 0.2) is 17.5 Å². The molecule has 3 heterocycles. The van der Waals surface area contributed by atoms with Gasteiger partial charge in [0.05, 0.1) is 27.8 Å². The molecule has 0 atom stereocenters. The summed E-state index contributed by atoms with van der Waals surface area (Å²) in [7, 11) is 0. The Kier molecular flexibility index (Phi) is 6.79. The van der Waals surface area contributed by atoms with Gasteiger partial charge in [-0.05, 0) is 41.8 Å². The maximum absolute atomic E-state index is 5.06. The number of para-hydroxylation sites is 3. The van der Waals surface area contributed by atoms with Gasteiger partial charge in [0.2, 0.25) is 0 Å². The Balaban J connectivity index is 1.20. The van der Waals surface area contributed by atoms with Crippen molar-refractivity contribution in [3.05, 3.63) is 188 Å². The van der Waals surface area contributed by atoms with Crippen LogP contribution < -0.4 is 0 Å². The number of aromatic nitrogens is 5. The van der Waals surface area contributed by atoms with Gasteiger partial charge in [0.1, 0.15) is 0 Å². The van der Waals surface area contributed by atoms with Gasteiger partial charge in [-0.1, -0.05) is 152 Å². The van der Waals surface area contributed by atoms with Crippen molar-refractivity contribution in [3.63, 3.8) is 0 Å². The molecule has 11 aromatic rings. The molecule has 5 heteroatoms. The second-order valence-electron chi connectivity index (χ2n) is 13.7. The van der Waals surface area contributed by atoms with Crippen LogP contribution in [0.15, 0.2) is 188 Å². The third-order valence-electron chi connectivity index (χ3n) is 10.5. The molecule has 252 valence electrons. The van der Waals surface area contributed by atoms with E-state index in [9.17, 15) is 0 Å². The molecule has 8 aromatic carbocycles. The highest BCUT2D eigenvalue weighted by atomic mass is 15.0. The van der Waals surface area contributed by atoms with Crippen LogP contribution in [-0.2, 0) is 0 Å². The van der Waals surface area contributed by atoms with Crippen molar-refractivity contribution in [2.45, 2.75) is 0 Å². The summed E-state index contributed by atoms with van der Waals surface area (Å²) < 4.78 is 4.87. The predicted molar refractivity (Wildman–Crippen MR) is 222 cm³/mol. The molecule has 0 radical (unpaired) electrons. The molecular weight excluding hydrogens is 659 g/mol. The molecule has 5 nitrogen and oxygen atoms in total. The lowest BCUT2D eigenvalue weighted by atomic mass is 10.0. The summed E-state index contributed by atoms with van der Waals surface area (Å²) in [4.78, 5) is 15.0. The standard InChI is InChI=1S/C49H31N5/c1-3-16-32(17-4-1)47-50-48(33-18-5-2-6-19-33)52-49(51-47)35-21-15-22-36(30-35)53-43-29-14-11-26-40(43)45-44(53)31-34-20-7-8-23-37(34)46(45)54-41-27-12-9-24-38(41)39-25-10-13-28-42(39)54/h1-31H. The normalized spacial score (nSPS) is 11.7. The van der Waals surface area contributed by atoms with E-state index in [4.69, 9.17) is 15.0 Å². The Morgan fingerprint density at radius 2 is 0.778 bits per heavy atom. The topological polar surface area (TPSA) is 48.5 Å². The van der Waals surface area contributed by atoms with E-state index < -0.39 is 0 Å². The molecule has 0 aliphatic rings. The molecule has 0 saturated carbocycles. The zero-order valence-electron chi connectivity index (χ0n) is 29.1. The minimum atomic E-state index is 0.627. The maximum atomic E-state index is 5.06. The Labute approximate surface area is 311 Å². The number of benzene rings is 8. The summed E-state index contributed by atoms with van der Waals surface area (Å²) in [6, 6.07) is 66.2. The molecule has 11 rings (SSSR count). The third-order valence-corrected chi connectivity index (χ3v) is 10.5. The fourth-order valence-corrected chi connectivity index (χ4v) is 8.16. The van der Waals surface area contributed by atoms with Crippen LogP contribution in [0.5, 0.6) is 0 Å². The van der Waals surface area contributed by atoms with E-state index in [1.807, 2.05) is 60.7 Å². The van der Waals surface area contributed by atoms with E-state index >= 15 is 0 Å². The number of fused-ring (bicyclic) bond motifs is 7. The Morgan fingerprint density at radius 1 is 0.315 bits per heavy atom. The van der Waals surface area contributed by atoms with Crippen molar-refractivity contribution in [3.8, 4) is 45.5 Å².